The first-order valence-electron chi connectivity index (χ1n) is 42.8. The molecule has 130 heavy (non-hydrogen) atoms. The van der Waals surface area contributed by atoms with Crippen molar-refractivity contribution in [1.29, 1.82) is 0 Å². The van der Waals surface area contributed by atoms with Gasteiger partial charge in [0.1, 0.15) is 68.3 Å². The maximum Gasteiger partial charge on any atom is 0.416 e. The summed E-state index contributed by atoms with van der Waals surface area (Å²) in [5.41, 5.74) is 61.1. The van der Waals surface area contributed by atoms with Crippen molar-refractivity contribution in [2.75, 3.05) is 22.9 Å². The van der Waals surface area contributed by atoms with Gasteiger partial charge in [0.2, 0.25) is 0 Å². The van der Waals surface area contributed by atoms with E-state index in [1.54, 1.807) is 56.5 Å². The molecular formula is C99H107F3N20O8. The fourth-order valence-electron chi connectivity index (χ4n) is 15.9. The third kappa shape index (κ3) is 22.7. The second-order valence-electron chi connectivity index (χ2n) is 32.6. The van der Waals surface area contributed by atoms with Gasteiger partial charge in [0.05, 0.1) is 17.3 Å². The average molecular weight is 1760 g/mol. The summed E-state index contributed by atoms with van der Waals surface area (Å²) in [6.45, 7) is 13.6. The van der Waals surface area contributed by atoms with E-state index in [-0.39, 0.29) is 87.5 Å². The molecule has 9 aromatic carbocycles. The Morgan fingerprint density at radius 3 is 1.05 bits per heavy atom. The van der Waals surface area contributed by atoms with Crippen molar-refractivity contribution in [1.82, 2.24) is 60.4 Å². The minimum absolute atomic E-state index is 0.00206. The Balaban J connectivity index is 0.000000157. The molecule has 672 valence electrons. The lowest BCUT2D eigenvalue weighted by Crippen LogP contribution is -2.23. The van der Waals surface area contributed by atoms with E-state index in [0.717, 1.165) is 117 Å². The number of nitrogens with one attached hydrogen (secondary N) is 4. The number of primary amides is 4. The molecule has 0 saturated heterocycles. The Bertz CT molecular complexity index is 6280. The van der Waals surface area contributed by atoms with Gasteiger partial charge in [0, 0.05) is 83.3 Å². The van der Waals surface area contributed by atoms with E-state index < -0.39 is 35.4 Å². The van der Waals surface area contributed by atoms with Gasteiger partial charge in [-0.3, -0.25) is 38.4 Å². The number of rotatable bonds is 25. The second kappa shape index (κ2) is 42.2. The van der Waals surface area contributed by atoms with Crippen molar-refractivity contribution in [3.8, 4) is 50.7 Å². The third-order valence-corrected chi connectivity index (χ3v) is 23.1. The number of halogens is 3. The number of anilines is 4. The Morgan fingerprint density at radius 1 is 0.377 bits per heavy atom. The van der Waals surface area contributed by atoms with Gasteiger partial charge in [-0.2, -0.15) is 33.6 Å². The summed E-state index contributed by atoms with van der Waals surface area (Å²) in [6, 6.07) is 63.7. The molecule has 2 saturated carbocycles. The van der Waals surface area contributed by atoms with Gasteiger partial charge in [-0.25, -0.2) is 18.7 Å². The highest BCUT2D eigenvalue weighted by atomic mass is 19.4. The molecule has 13 aromatic rings. The van der Waals surface area contributed by atoms with Crippen LogP contribution in [0.4, 0.5) is 36.4 Å². The molecule has 8 amide bonds. The van der Waals surface area contributed by atoms with Gasteiger partial charge in [0.15, 0.2) is 0 Å². The quantitative estimate of drug-likeness (QED) is 0.0253. The summed E-state index contributed by atoms with van der Waals surface area (Å²) >= 11 is 0. The van der Waals surface area contributed by atoms with Gasteiger partial charge >= 0.3 is 6.18 Å². The molecule has 20 N–H and O–H groups in total. The molecule has 28 nitrogen and oxygen atoms in total. The summed E-state index contributed by atoms with van der Waals surface area (Å²) < 4.78 is 45.7. The van der Waals surface area contributed by atoms with Crippen LogP contribution in [0.15, 0.2) is 218 Å². The lowest BCUT2D eigenvalue weighted by atomic mass is 9.89. The molecule has 2 fully saturated rings. The maximum atomic E-state index is 13.2. The Labute approximate surface area is 750 Å². The molecule has 0 unspecified atom stereocenters. The van der Waals surface area contributed by atoms with Crippen LogP contribution in [0.3, 0.4) is 0 Å². The van der Waals surface area contributed by atoms with Crippen LogP contribution < -0.4 is 67.1 Å². The molecule has 2 aliphatic rings. The third-order valence-electron chi connectivity index (χ3n) is 23.1. The number of hydrogen-bond donors (Lipinski definition) is 12. The Kier molecular flexibility index (Phi) is 30.5. The molecule has 0 spiro atoms. The predicted octanol–water partition coefficient (Wildman–Crippen LogP) is 15.6. The lowest BCUT2D eigenvalue weighted by Gasteiger charge is -2.22. The van der Waals surface area contributed by atoms with E-state index in [9.17, 15) is 51.5 Å². The maximum absolute atomic E-state index is 13.2. The minimum atomic E-state index is -4.56. The van der Waals surface area contributed by atoms with E-state index in [1.165, 1.54) is 37.8 Å². The Hall–Kier alpha value is -15.4. The van der Waals surface area contributed by atoms with Crippen LogP contribution in [-0.2, 0) is 38.9 Å². The number of nitrogens with zero attached hydrogens (tertiary/aromatic N) is 8. The summed E-state index contributed by atoms with van der Waals surface area (Å²) in [6.07, 6.45) is 6.97. The SMILES string of the molecule is Cc1ccccc1C(=O)NCc1ccc(-c2nn(-c3cccc(C(F)(F)F)c3)c(N)c2C(N)=O)cc1.Cc1ccccc1C(=O)NCc1ccc(-c2nn(C(C)C)c(N)c2C(N)=O)cc1.Cc1ccccc1C(=O)NCc1ccc(-c2nn(C3CCCCC3)c(N)c2C(N)=O)cc1.Cc1ccccc1C(=O)NCc1ccc(-c2nn(CC3CCCCC3)c(N)c2C(N)=O)cc1. The monoisotopic (exact) mass is 1760 g/mol. The van der Waals surface area contributed by atoms with Gasteiger partial charge in [0.25, 0.3) is 47.3 Å². The standard InChI is InChI=1S/C26H22F3N5O2.C26H31N5O2.C25H29N5O2.C22H25N5O2/c1-15-5-2-3-8-20(15)25(36)32-14-16-9-11-17(12-10-16)22-21(24(31)35)23(30)34(33-22)19-7-4-6-18(13-19)26(27,28)29;1-17-7-5-6-10-21(17)26(33)29-15-18-11-13-20(14-12-18)23-22(25(28)32)24(27)31(30-23)16-19-8-3-2-4-9-19;1-16-7-5-6-10-20(16)25(32)28-15-17-11-13-18(14-12-17)22-21(24(27)31)23(26)30(29-22)19-8-3-2-4-9-19;1-13(2)27-20(23)18(21(24)28)19(26-27)16-10-8-15(9-11-16)12-25-22(29)17-7-5-4-6-14(17)3/h2-13H,14,30H2,1H3,(H2,31,35)(H,32,36);5-7,10-14,19H,2-4,8-9,15-16,27H2,1H3,(H2,28,32)(H,29,33);5-7,10-14,19H,2-4,8-9,15,26H2,1H3,(H2,27,31)(H,28,32);4-11,13H,12,23H2,1-3H3,(H2,24,28)(H,25,29). The van der Waals surface area contributed by atoms with Crippen molar-refractivity contribution in [2.45, 2.75) is 157 Å². The highest BCUT2D eigenvalue weighted by Gasteiger charge is 2.33. The molecule has 4 aromatic heterocycles. The number of carbonyl (C=O) groups is 8. The van der Waals surface area contributed by atoms with E-state index in [1.807, 2.05) is 193 Å². The van der Waals surface area contributed by atoms with Crippen LogP contribution in [0.1, 0.15) is 223 Å². The molecule has 0 aliphatic heterocycles. The van der Waals surface area contributed by atoms with Crippen molar-refractivity contribution in [3.05, 3.63) is 313 Å². The fourth-order valence-corrected chi connectivity index (χ4v) is 15.9. The van der Waals surface area contributed by atoms with Crippen LogP contribution in [-0.4, -0.2) is 86.4 Å². The van der Waals surface area contributed by atoms with Crippen LogP contribution >= 0.6 is 0 Å². The number of carbonyl (C=O) groups excluding carboxylic acids is 8. The number of hydrogen-bond acceptors (Lipinski definition) is 16. The van der Waals surface area contributed by atoms with Gasteiger partial charge in [-0.15, -0.1) is 0 Å². The number of nitrogens with two attached hydrogens (primary N) is 8. The van der Waals surface area contributed by atoms with Crippen LogP contribution in [0.25, 0.3) is 50.7 Å². The topological polar surface area (TPSA) is 464 Å². The van der Waals surface area contributed by atoms with E-state index in [2.05, 4.69) is 36.6 Å². The summed E-state index contributed by atoms with van der Waals surface area (Å²) in [7, 11) is 0. The number of nitrogen functional groups attached to an aromatic ring is 4. The normalized spacial score (nSPS) is 12.7. The van der Waals surface area contributed by atoms with E-state index in [4.69, 9.17) is 51.0 Å². The zero-order valence-corrected chi connectivity index (χ0v) is 73.2. The molecule has 0 atom stereocenters. The van der Waals surface area contributed by atoms with Crippen LogP contribution in [0.5, 0.6) is 0 Å². The molecule has 4 heterocycles. The highest BCUT2D eigenvalue weighted by molar-refractivity contribution is 6.06. The smallest absolute Gasteiger partial charge is 0.383 e. The summed E-state index contributed by atoms with van der Waals surface area (Å²) in [4.78, 5) is 98.1. The first kappa shape index (κ1) is 93.7. The zero-order chi connectivity index (χ0) is 93.2. The second-order valence-corrected chi connectivity index (χ2v) is 32.6. The van der Waals surface area contributed by atoms with Gasteiger partial charge < -0.3 is 67.1 Å². The first-order chi connectivity index (χ1) is 62.2. The minimum Gasteiger partial charge on any atom is -0.383 e. The summed E-state index contributed by atoms with van der Waals surface area (Å²) in [5, 5.41) is 29.8. The molecule has 15 rings (SSSR count). The number of alkyl halides is 3. The number of aromatic nitrogens is 8. The van der Waals surface area contributed by atoms with Crippen LogP contribution in [0, 0.1) is 33.6 Å². The molecule has 0 radical (unpaired) electrons. The largest absolute Gasteiger partial charge is 0.416 e. The number of benzene rings is 9. The number of aryl methyl sites for hydroxylation is 4. The molecule has 31 heteroatoms. The van der Waals surface area contributed by atoms with E-state index >= 15 is 0 Å². The van der Waals surface area contributed by atoms with Crippen molar-refractivity contribution < 1.29 is 51.5 Å². The zero-order valence-electron chi connectivity index (χ0n) is 73.2. The lowest BCUT2D eigenvalue weighted by molar-refractivity contribution is -0.137. The first-order valence-corrected chi connectivity index (χ1v) is 42.8. The van der Waals surface area contributed by atoms with E-state index in [0.29, 0.717) is 88.6 Å². The fraction of sp³-hybridized carbons (Fsp3) is 0.253. The van der Waals surface area contributed by atoms with Crippen LogP contribution in [0.2, 0.25) is 0 Å². The average Bonchev–Trinajstić information content (AvgIpc) is 1.64. The predicted molar refractivity (Wildman–Crippen MR) is 497 cm³/mol. The van der Waals surface area contributed by atoms with Gasteiger partial charge in [-0.05, 0) is 160 Å². The molecular weight excluding hydrogens is 1650 g/mol. The summed E-state index contributed by atoms with van der Waals surface area (Å²) in [5.74, 6) is -1.89. The highest BCUT2D eigenvalue weighted by Crippen LogP contribution is 2.38. The van der Waals surface area contributed by atoms with Gasteiger partial charge in [-0.1, -0.05) is 214 Å². The Morgan fingerprint density at radius 2 is 0.700 bits per heavy atom. The number of amides is 8. The molecule has 2 aliphatic carbocycles. The van der Waals surface area contributed by atoms with Crippen molar-refractivity contribution in [2.24, 2.45) is 28.9 Å². The molecule has 0 bridgehead atoms. The van der Waals surface area contributed by atoms with Crippen molar-refractivity contribution in [3.63, 3.8) is 0 Å². The van der Waals surface area contributed by atoms with Crippen molar-refractivity contribution >= 4 is 70.5 Å².